The Morgan fingerprint density at radius 1 is 1.19 bits per heavy atom. The number of amides is 1. The quantitative estimate of drug-likeness (QED) is 0.581. The highest BCUT2D eigenvalue weighted by Crippen LogP contribution is 1.91. The van der Waals surface area contributed by atoms with E-state index in [1.165, 1.54) is 0 Å². The number of hydrogen-bond acceptors (Lipinski definition) is 3. The molecule has 16 heavy (non-hydrogen) atoms. The van der Waals surface area contributed by atoms with Gasteiger partial charge in [-0.05, 0) is 12.3 Å². The molecule has 0 heterocycles. The average Bonchev–Trinajstić information content (AvgIpc) is 2.22. The van der Waals surface area contributed by atoms with Gasteiger partial charge in [-0.2, -0.15) is 0 Å². The molecule has 0 saturated carbocycles. The summed E-state index contributed by atoms with van der Waals surface area (Å²) in [5.74, 6) is 0.662. The predicted octanol–water partition coefficient (Wildman–Crippen LogP) is 1.59. The van der Waals surface area contributed by atoms with Crippen LogP contribution in [-0.4, -0.2) is 38.9 Å². The molecule has 0 radical (unpaired) electrons. The molecular formula is C12H25NO3. The fourth-order valence-corrected chi connectivity index (χ4v) is 1.12. The summed E-state index contributed by atoms with van der Waals surface area (Å²) in [6.07, 6.45) is 1.48. The van der Waals surface area contributed by atoms with Gasteiger partial charge in [-0.15, -0.1) is 0 Å². The second kappa shape index (κ2) is 10.9. The molecule has 0 bridgehead atoms. The van der Waals surface area contributed by atoms with Crippen molar-refractivity contribution in [1.29, 1.82) is 0 Å². The van der Waals surface area contributed by atoms with Crippen molar-refractivity contribution in [2.24, 2.45) is 5.92 Å². The minimum atomic E-state index is 0.0992. The Bertz CT molecular complexity index is 172. The second-order valence-corrected chi connectivity index (χ2v) is 4.18. The van der Waals surface area contributed by atoms with Crippen LogP contribution in [0.3, 0.4) is 0 Å². The van der Waals surface area contributed by atoms with E-state index in [-0.39, 0.29) is 5.91 Å². The molecule has 1 N–H and O–H groups in total. The first-order valence-corrected chi connectivity index (χ1v) is 6.09. The zero-order valence-electron chi connectivity index (χ0n) is 10.8. The molecule has 0 aromatic heterocycles. The van der Waals surface area contributed by atoms with E-state index in [1.54, 1.807) is 0 Å². The van der Waals surface area contributed by atoms with Gasteiger partial charge in [0.05, 0.1) is 19.8 Å². The fourth-order valence-electron chi connectivity index (χ4n) is 1.12. The maximum atomic E-state index is 11.1. The Labute approximate surface area is 98.7 Å². The van der Waals surface area contributed by atoms with E-state index in [0.29, 0.717) is 38.7 Å². The highest BCUT2D eigenvalue weighted by atomic mass is 16.5. The Morgan fingerprint density at radius 3 is 2.50 bits per heavy atom. The summed E-state index contributed by atoms with van der Waals surface area (Å²) < 4.78 is 10.7. The zero-order valence-corrected chi connectivity index (χ0v) is 10.8. The molecule has 96 valence electrons. The molecule has 0 fully saturated rings. The molecule has 0 atom stereocenters. The van der Waals surface area contributed by atoms with Crippen molar-refractivity contribution in [2.75, 3.05) is 33.0 Å². The number of rotatable bonds is 10. The Morgan fingerprint density at radius 2 is 1.88 bits per heavy atom. The first-order valence-electron chi connectivity index (χ1n) is 6.09. The van der Waals surface area contributed by atoms with E-state index < -0.39 is 0 Å². The Kier molecular flexibility index (Phi) is 10.5. The lowest BCUT2D eigenvalue weighted by Gasteiger charge is -2.08. The summed E-state index contributed by atoms with van der Waals surface area (Å²) in [7, 11) is 0. The molecule has 0 rings (SSSR count). The summed E-state index contributed by atoms with van der Waals surface area (Å²) in [5, 5.41) is 2.79. The molecular weight excluding hydrogens is 206 g/mol. The molecule has 0 aliphatic heterocycles. The van der Waals surface area contributed by atoms with Crippen LogP contribution in [0.2, 0.25) is 0 Å². The Hall–Kier alpha value is -0.610. The molecule has 0 aromatic rings. The highest BCUT2D eigenvalue weighted by molar-refractivity contribution is 5.75. The van der Waals surface area contributed by atoms with E-state index >= 15 is 0 Å². The summed E-state index contributed by atoms with van der Waals surface area (Å²) >= 11 is 0. The lowest BCUT2D eigenvalue weighted by molar-refractivity contribution is -0.121. The number of carbonyl (C=O) groups is 1. The normalized spacial score (nSPS) is 10.8. The van der Waals surface area contributed by atoms with Gasteiger partial charge in [-0.1, -0.05) is 20.8 Å². The minimum Gasteiger partial charge on any atom is -0.379 e. The third-order valence-electron chi connectivity index (χ3n) is 1.87. The lowest BCUT2D eigenvalue weighted by Crippen LogP contribution is -2.27. The van der Waals surface area contributed by atoms with E-state index in [9.17, 15) is 4.79 Å². The monoisotopic (exact) mass is 231 g/mol. The topological polar surface area (TPSA) is 47.6 Å². The molecule has 4 nitrogen and oxygen atoms in total. The van der Waals surface area contributed by atoms with Gasteiger partial charge in [0.1, 0.15) is 0 Å². The van der Waals surface area contributed by atoms with Gasteiger partial charge < -0.3 is 14.8 Å². The van der Waals surface area contributed by atoms with Gasteiger partial charge in [-0.25, -0.2) is 0 Å². The van der Waals surface area contributed by atoms with E-state index in [0.717, 1.165) is 13.0 Å². The third kappa shape index (κ3) is 11.5. The standard InChI is InChI=1S/C12H25NO3/c1-4-5-12(14)13-6-7-15-8-9-16-10-11(2)3/h11H,4-10H2,1-3H3,(H,13,14). The number of nitrogens with one attached hydrogen (secondary N) is 1. The summed E-state index contributed by atoms with van der Waals surface area (Å²) in [5.41, 5.74) is 0. The number of hydrogen-bond donors (Lipinski definition) is 1. The predicted molar refractivity (Wildman–Crippen MR) is 64.4 cm³/mol. The largest absolute Gasteiger partial charge is 0.379 e. The molecule has 0 saturated heterocycles. The van der Waals surface area contributed by atoms with Crippen molar-refractivity contribution < 1.29 is 14.3 Å². The van der Waals surface area contributed by atoms with Crippen LogP contribution in [0.15, 0.2) is 0 Å². The van der Waals surface area contributed by atoms with Crippen LogP contribution in [0.25, 0.3) is 0 Å². The maximum Gasteiger partial charge on any atom is 0.220 e. The van der Waals surface area contributed by atoms with Crippen LogP contribution in [0.4, 0.5) is 0 Å². The van der Waals surface area contributed by atoms with E-state index in [1.807, 2.05) is 6.92 Å². The zero-order chi connectivity index (χ0) is 12.2. The SMILES string of the molecule is CCCC(=O)NCCOCCOCC(C)C. The van der Waals surface area contributed by atoms with Crippen LogP contribution >= 0.6 is 0 Å². The van der Waals surface area contributed by atoms with Crippen LogP contribution in [0.1, 0.15) is 33.6 Å². The third-order valence-corrected chi connectivity index (χ3v) is 1.87. The van der Waals surface area contributed by atoms with Crippen LogP contribution in [0, 0.1) is 5.92 Å². The van der Waals surface area contributed by atoms with Crippen molar-refractivity contribution in [2.45, 2.75) is 33.6 Å². The summed E-state index contributed by atoms with van der Waals surface area (Å²) in [6.45, 7) is 9.36. The van der Waals surface area contributed by atoms with Gasteiger partial charge in [0.15, 0.2) is 0 Å². The maximum absolute atomic E-state index is 11.1. The van der Waals surface area contributed by atoms with E-state index in [4.69, 9.17) is 9.47 Å². The molecule has 0 aliphatic rings. The van der Waals surface area contributed by atoms with Crippen molar-refractivity contribution in [1.82, 2.24) is 5.32 Å². The second-order valence-electron chi connectivity index (χ2n) is 4.18. The van der Waals surface area contributed by atoms with E-state index in [2.05, 4.69) is 19.2 Å². The van der Waals surface area contributed by atoms with Gasteiger partial charge in [0.25, 0.3) is 0 Å². The Balaban J connectivity index is 3.07. The summed E-state index contributed by atoms with van der Waals surface area (Å²) in [6, 6.07) is 0. The van der Waals surface area contributed by atoms with Crippen molar-refractivity contribution in [3.63, 3.8) is 0 Å². The van der Waals surface area contributed by atoms with Crippen LogP contribution in [-0.2, 0) is 14.3 Å². The number of ether oxygens (including phenoxy) is 2. The van der Waals surface area contributed by atoms with Gasteiger partial charge in [0, 0.05) is 19.6 Å². The van der Waals surface area contributed by atoms with Crippen molar-refractivity contribution in [3.8, 4) is 0 Å². The highest BCUT2D eigenvalue weighted by Gasteiger charge is 1.97. The van der Waals surface area contributed by atoms with Gasteiger partial charge >= 0.3 is 0 Å². The van der Waals surface area contributed by atoms with Gasteiger partial charge in [-0.3, -0.25) is 4.79 Å². The fraction of sp³-hybridized carbons (Fsp3) is 0.917. The van der Waals surface area contributed by atoms with Gasteiger partial charge in [0.2, 0.25) is 5.91 Å². The van der Waals surface area contributed by atoms with Crippen molar-refractivity contribution in [3.05, 3.63) is 0 Å². The molecule has 0 aromatic carbocycles. The van der Waals surface area contributed by atoms with Crippen LogP contribution in [0.5, 0.6) is 0 Å². The lowest BCUT2D eigenvalue weighted by atomic mass is 10.2. The molecule has 0 aliphatic carbocycles. The van der Waals surface area contributed by atoms with Crippen molar-refractivity contribution >= 4 is 5.91 Å². The molecule has 0 spiro atoms. The summed E-state index contributed by atoms with van der Waals surface area (Å²) in [4.78, 5) is 11.1. The number of carbonyl (C=O) groups excluding carboxylic acids is 1. The minimum absolute atomic E-state index is 0.0992. The molecule has 0 unspecified atom stereocenters. The smallest absolute Gasteiger partial charge is 0.220 e. The van der Waals surface area contributed by atoms with Crippen LogP contribution < -0.4 is 5.32 Å². The first-order chi connectivity index (χ1) is 7.66. The first kappa shape index (κ1) is 15.4. The molecule has 1 amide bonds. The average molecular weight is 231 g/mol. The molecule has 4 heteroatoms.